The van der Waals surface area contributed by atoms with Crippen molar-refractivity contribution in [1.82, 2.24) is 9.88 Å². The van der Waals surface area contributed by atoms with Crippen LogP contribution in [0.25, 0.3) is 0 Å². The largest absolute Gasteiger partial charge is 0.303 e. The van der Waals surface area contributed by atoms with Crippen LogP contribution >= 0.6 is 22.7 Å². The van der Waals surface area contributed by atoms with E-state index < -0.39 is 0 Å². The first-order chi connectivity index (χ1) is 11.0. The lowest BCUT2D eigenvalue weighted by Crippen LogP contribution is -2.30. The number of hydrogen-bond donors (Lipinski definition) is 0. The summed E-state index contributed by atoms with van der Waals surface area (Å²) >= 11 is 3.43. The molecule has 4 nitrogen and oxygen atoms in total. The minimum Gasteiger partial charge on any atom is -0.303 e. The molecule has 2 aromatic heterocycles. The molecule has 2 aliphatic rings. The third-order valence-corrected chi connectivity index (χ3v) is 6.73. The molecule has 23 heavy (non-hydrogen) atoms. The summed E-state index contributed by atoms with van der Waals surface area (Å²) in [5, 5.41) is 4.39. The summed E-state index contributed by atoms with van der Waals surface area (Å²) in [6, 6.07) is 4.19. The third-order valence-electron chi connectivity index (χ3n) is 4.88. The monoisotopic (exact) mass is 347 g/mol. The Balaban J connectivity index is 1.45. The Morgan fingerprint density at radius 1 is 1.30 bits per heavy atom. The molecule has 0 saturated carbocycles. The molecule has 0 aliphatic carbocycles. The Labute approximate surface area is 144 Å². The van der Waals surface area contributed by atoms with Crippen LogP contribution in [0.2, 0.25) is 0 Å². The average molecular weight is 348 g/mol. The maximum Gasteiger partial charge on any atom is 0.228 e. The number of aryl methyl sites for hydroxylation is 2. The van der Waals surface area contributed by atoms with E-state index in [4.69, 9.17) is 0 Å². The maximum absolute atomic E-state index is 12.5. The van der Waals surface area contributed by atoms with Gasteiger partial charge < -0.3 is 4.90 Å². The van der Waals surface area contributed by atoms with Gasteiger partial charge in [0, 0.05) is 41.7 Å². The van der Waals surface area contributed by atoms with Gasteiger partial charge in [0.25, 0.3) is 0 Å². The molecule has 2 fully saturated rings. The van der Waals surface area contributed by atoms with Crippen LogP contribution in [0.1, 0.15) is 28.4 Å². The standard InChI is InChI=1S/C17H21N3OS2/c1-12-3-4-16(23-12)20-11-17(7-15(20)21)5-6-19(10-17)8-14-9-22-13(2)18-14/h3-4,9H,5-8,10-11H2,1-2H3/t17-/m0/s1. The number of anilines is 1. The van der Waals surface area contributed by atoms with Crippen molar-refractivity contribution in [2.24, 2.45) is 5.41 Å². The van der Waals surface area contributed by atoms with E-state index in [9.17, 15) is 4.79 Å². The highest BCUT2D eigenvalue weighted by Gasteiger charge is 2.48. The molecule has 0 radical (unpaired) electrons. The molecule has 0 bridgehead atoms. The van der Waals surface area contributed by atoms with Crippen LogP contribution in [0.4, 0.5) is 5.00 Å². The van der Waals surface area contributed by atoms with E-state index in [1.54, 1.807) is 22.7 Å². The number of aromatic nitrogens is 1. The van der Waals surface area contributed by atoms with Crippen molar-refractivity contribution < 1.29 is 4.79 Å². The van der Waals surface area contributed by atoms with E-state index in [-0.39, 0.29) is 5.41 Å². The minimum atomic E-state index is 0.139. The lowest BCUT2D eigenvalue weighted by atomic mass is 9.86. The van der Waals surface area contributed by atoms with Gasteiger partial charge >= 0.3 is 0 Å². The van der Waals surface area contributed by atoms with E-state index in [1.165, 1.54) is 10.6 Å². The number of thiophene rings is 1. The fraction of sp³-hybridized carbons (Fsp3) is 0.529. The molecule has 0 unspecified atom stereocenters. The van der Waals surface area contributed by atoms with Gasteiger partial charge in [-0.2, -0.15) is 0 Å². The molecular weight excluding hydrogens is 326 g/mol. The normalized spacial score (nSPS) is 25.1. The molecule has 1 spiro atoms. The lowest BCUT2D eigenvalue weighted by molar-refractivity contribution is -0.117. The van der Waals surface area contributed by atoms with Gasteiger partial charge in [-0.3, -0.25) is 9.69 Å². The number of hydrogen-bond acceptors (Lipinski definition) is 5. The second kappa shape index (κ2) is 5.69. The molecule has 0 N–H and O–H groups in total. The van der Waals surface area contributed by atoms with Gasteiger partial charge in [-0.05, 0) is 38.9 Å². The zero-order chi connectivity index (χ0) is 16.0. The van der Waals surface area contributed by atoms with Gasteiger partial charge in [0.05, 0.1) is 15.7 Å². The maximum atomic E-state index is 12.5. The van der Waals surface area contributed by atoms with E-state index >= 15 is 0 Å². The quantitative estimate of drug-likeness (QED) is 0.853. The van der Waals surface area contributed by atoms with Gasteiger partial charge in [-0.15, -0.1) is 22.7 Å². The summed E-state index contributed by atoms with van der Waals surface area (Å²) in [6.45, 7) is 8.02. The topological polar surface area (TPSA) is 36.4 Å². The summed E-state index contributed by atoms with van der Waals surface area (Å²) in [5.41, 5.74) is 1.31. The van der Waals surface area contributed by atoms with Gasteiger partial charge in [-0.1, -0.05) is 0 Å². The number of rotatable bonds is 3. The first-order valence-electron chi connectivity index (χ1n) is 8.03. The summed E-state index contributed by atoms with van der Waals surface area (Å²) in [6.07, 6.45) is 1.80. The summed E-state index contributed by atoms with van der Waals surface area (Å²) < 4.78 is 0. The molecule has 4 heterocycles. The van der Waals surface area contributed by atoms with E-state index in [1.807, 2.05) is 4.90 Å². The molecule has 1 amide bonds. The zero-order valence-corrected chi connectivity index (χ0v) is 15.2. The van der Waals surface area contributed by atoms with Gasteiger partial charge in [0.15, 0.2) is 0 Å². The predicted octanol–water partition coefficient (Wildman–Crippen LogP) is 3.45. The van der Waals surface area contributed by atoms with Gasteiger partial charge in [0.1, 0.15) is 0 Å². The van der Waals surface area contributed by atoms with Crippen LogP contribution in [0.3, 0.4) is 0 Å². The first kappa shape index (κ1) is 15.3. The van der Waals surface area contributed by atoms with Crippen molar-refractivity contribution in [3.63, 3.8) is 0 Å². The Morgan fingerprint density at radius 2 is 2.17 bits per heavy atom. The minimum absolute atomic E-state index is 0.139. The molecule has 4 rings (SSSR count). The fourth-order valence-corrected chi connectivity index (χ4v) is 5.29. The molecule has 2 aromatic rings. The highest BCUT2D eigenvalue weighted by molar-refractivity contribution is 7.16. The highest BCUT2D eigenvalue weighted by Crippen LogP contribution is 2.43. The van der Waals surface area contributed by atoms with E-state index in [0.29, 0.717) is 12.3 Å². The molecule has 122 valence electrons. The Hall–Kier alpha value is -1.24. The van der Waals surface area contributed by atoms with Crippen LogP contribution in [-0.2, 0) is 11.3 Å². The molecule has 2 saturated heterocycles. The van der Waals surface area contributed by atoms with Crippen molar-refractivity contribution in [2.45, 2.75) is 33.2 Å². The molecule has 2 aliphatic heterocycles. The number of carbonyl (C=O) groups excluding carboxylic acids is 1. The van der Waals surface area contributed by atoms with Crippen molar-refractivity contribution in [1.29, 1.82) is 0 Å². The number of likely N-dealkylation sites (tertiary alicyclic amines) is 1. The fourth-order valence-electron chi connectivity index (χ4n) is 3.81. The van der Waals surface area contributed by atoms with Crippen molar-refractivity contribution in [3.05, 3.63) is 33.1 Å². The van der Waals surface area contributed by atoms with Gasteiger partial charge in [0.2, 0.25) is 5.91 Å². The van der Waals surface area contributed by atoms with Crippen LogP contribution in [-0.4, -0.2) is 35.4 Å². The van der Waals surface area contributed by atoms with Crippen molar-refractivity contribution >= 4 is 33.6 Å². The van der Waals surface area contributed by atoms with E-state index in [0.717, 1.165) is 42.6 Å². The Bertz CT molecular complexity index is 738. The lowest BCUT2D eigenvalue weighted by Gasteiger charge is -2.23. The van der Waals surface area contributed by atoms with Crippen molar-refractivity contribution in [3.8, 4) is 0 Å². The van der Waals surface area contributed by atoms with Crippen LogP contribution in [0.15, 0.2) is 17.5 Å². The third kappa shape index (κ3) is 2.95. The molecule has 6 heteroatoms. The SMILES string of the molecule is Cc1ccc(N2C[C@@]3(CCN(Cc4csc(C)n4)C3)CC2=O)s1. The number of carbonyl (C=O) groups is 1. The van der Waals surface area contributed by atoms with Crippen LogP contribution in [0, 0.1) is 19.3 Å². The number of nitrogens with zero attached hydrogens (tertiary/aromatic N) is 3. The van der Waals surface area contributed by atoms with E-state index in [2.05, 4.69) is 41.2 Å². The van der Waals surface area contributed by atoms with Gasteiger partial charge in [-0.25, -0.2) is 4.98 Å². The highest BCUT2D eigenvalue weighted by atomic mass is 32.1. The van der Waals surface area contributed by atoms with Crippen LogP contribution in [0.5, 0.6) is 0 Å². The Kier molecular flexibility index (Phi) is 3.78. The van der Waals surface area contributed by atoms with Crippen molar-refractivity contribution in [2.75, 3.05) is 24.5 Å². The summed E-state index contributed by atoms with van der Waals surface area (Å²) in [7, 11) is 0. The average Bonchev–Trinajstić information content (AvgIpc) is 3.23. The summed E-state index contributed by atoms with van der Waals surface area (Å²) in [4.78, 5) is 22.8. The zero-order valence-electron chi connectivity index (χ0n) is 13.5. The first-order valence-corrected chi connectivity index (χ1v) is 9.73. The smallest absolute Gasteiger partial charge is 0.228 e. The number of amides is 1. The molecule has 0 aromatic carbocycles. The van der Waals surface area contributed by atoms with Crippen LogP contribution < -0.4 is 4.90 Å². The second-order valence-corrected chi connectivity index (χ2v) is 9.19. The Morgan fingerprint density at radius 3 is 2.87 bits per heavy atom. The summed E-state index contributed by atoms with van der Waals surface area (Å²) in [5.74, 6) is 0.290. The molecule has 1 atom stereocenters. The number of thiazole rings is 1. The second-order valence-electron chi connectivity index (χ2n) is 6.86. The molecular formula is C17H21N3OS2. The predicted molar refractivity (Wildman–Crippen MR) is 95.2 cm³/mol.